The van der Waals surface area contributed by atoms with Gasteiger partial charge in [-0.05, 0) is 24.3 Å². The van der Waals surface area contributed by atoms with Crippen molar-refractivity contribution in [2.24, 2.45) is 0 Å². The highest BCUT2D eigenvalue weighted by atomic mass is 16.5. The van der Waals surface area contributed by atoms with E-state index in [1.807, 2.05) is 6.07 Å². The Morgan fingerprint density at radius 3 is 2.63 bits per heavy atom. The van der Waals surface area contributed by atoms with Crippen LogP contribution >= 0.6 is 0 Å². The number of nitriles is 1. The molecule has 19 heavy (non-hydrogen) atoms. The summed E-state index contributed by atoms with van der Waals surface area (Å²) in [5.41, 5.74) is 0.0828. The molecule has 2 rings (SSSR count). The number of phenols is 1. The first kappa shape index (κ1) is 12.5. The van der Waals surface area contributed by atoms with Gasteiger partial charge in [0, 0.05) is 6.07 Å². The SMILES string of the molecule is N#Cc1cc(Oc2ccccc2C(=O)O)ccc1O. The third-order valence-corrected chi connectivity index (χ3v) is 2.43. The molecule has 0 amide bonds. The number of aromatic hydroxyl groups is 1. The van der Waals surface area contributed by atoms with E-state index in [-0.39, 0.29) is 28.4 Å². The quantitative estimate of drug-likeness (QED) is 0.879. The van der Waals surface area contributed by atoms with Crippen molar-refractivity contribution in [1.82, 2.24) is 0 Å². The van der Waals surface area contributed by atoms with Crippen molar-refractivity contribution in [3.63, 3.8) is 0 Å². The maximum atomic E-state index is 11.0. The Morgan fingerprint density at radius 1 is 1.21 bits per heavy atom. The number of benzene rings is 2. The fourth-order valence-corrected chi connectivity index (χ4v) is 1.53. The average Bonchev–Trinajstić information content (AvgIpc) is 2.41. The van der Waals surface area contributed by atoms with Gasteiger partial charge in [0.2, 0.25) is 0 Å². The van der Waals surface area contributed by atoms with E-state index in [2.05, 4.69) is 0 Å². The van der Waals surface area contributed by atoms with Gasteiger partial charge in [-0.1, -0.05) is 12.1 Å². The van der Waals surface area contributed by atoms with E-state index in [0.717, 1.165) is 0 Å². The van der Waals surface area contributed by atoms with Gasteiger partial charge in [0.05, 0.1) is 5.56 Å². The standard InChI is InChI=1S/C14H9NO4/c15-8-9-7-10(5-6-12(9)16)19-13-4-2-1-3-11(13)14(17)18/h1-7,16H,(H,17,18). The number of rotatable bonds is 3. The van der Waals surface area contributed by atoms with Crippen LogP contribution in [-0.4, -0.2) is 16.2 Å². The molecular weight excluding hydrogens is 246 g/mol. The van der Waals surface area contributed by atoms with Crippen LogP contribution in [0.2, 0.25) is 0 Å². The van der Waals surface area contributed by atoms with E-state index in [9.17, 15) is 9.90 Å². The molecule has 0 atom stereocenters. The zero-order valence-corrected chi connectivity index (χ0v) is 9.70. The summed E-state index contributed by atoms with van der Waals surface area (Å²) in [5, 5.41) is 27.2. The summed E-state index contributed by atoms with van der Waals surface area (Å²) < 4.78 is 5.43. The fourth-order valence-electron chi connectivity index (χ4n) is 1.53. The molecule has 5 nitrogen and oxygen atoms in total. The van der Waals surface area contributed by atoms with E-state index in [1.165, 1.54) is 30.3 Å². The predicted molar refractivity (Wildman–Crippen MR) is 66.3 cm³/mol. The summed E-state index contributed by atoms with van der Waals surface area (Å²) in [6.07, 6.45) is 0. The van der Waals surface area contributed by atoms with Crippen molar-refractivity contribution in [2.75, 3.05) is 0 Å². The third-order valence-electron chi connectivity index (χ3n) is 2.43. The number of carboxylic acid groups (broad SMARTS) is 1. The Hall–Kier alpha value is -3.00. The second-order valence-corrected chi connectivity index (χ2v) is 3.69. The number of hydrogen-bond donors (Lipinski definition) is 2. The van der Waals surface area contributed by atoms with Gasteiger partial charge in [-0.15, -0.1) is 0 Å². The first-order valence-corrected chi connectivity index (χ1v) is 5.35. The van der Waals surface area contributed by atoms with Crippen molar-refractivity contribution in [1.29, 1.82) is 5.26 Å². The van der Waals surface area contributed by atoms with E-state index < -0.39 is 5.97 Å². The first-order chi connectivity index (χ1) is 9.11. The molecule has 2 N–H and O–H groups in total. The number of ether oxygens (including phenoxy) is 1. The molecule has 0 aliphatic carbocycles. The van der Waals surface area contributed by atoms with Crippen molar-refractivity contribution in [3.05, 3.63) is 53.6 Å². The Bertz CT molecular complexity index is 673. The molecule has 0 spiro atoms. The van der Waals surface area contributed by atoms with Crippen molar-refractivity contribution in [3.8, 4) is 23.3 Å². The summed E-state index contributed by atoms with van der Waals surface area (Å²) in [7, 11) is 0. The molecule has 94 valence electrons. The number of carboxylic acids is 1. The number of phenolic OH excluding ortho intramolecular Hbond substituents is 1. The van der Waals surface area contributed by atoms with Gasteiger partial charge in [0.1, 0.15) is 28.9 Å². The molecule has 2 aromatic carbocycles. The molecule has 0 bridgehead atoms. The highest BCUT2D eigenvalue weighted by molar-refractivity contribution is 5.90. The van der Waals surface area contributed by atoms with E-state index >= 15 is 0 Å². The van der Waals surface area contributed by atoms with E-state index in [0.29, 0.717) is 0 Å². The molecule has 0 radical (unpaired) electrons. The normalized spacial score (nSPS) is 9.63. The number of carbonyl (C=O) groups is 1. The van der Waals surface area contributed by atoms with Crippen LogP contribution in [-0.2, 0) is 0 Å². The van der Waals surface area contributed by atoms with Crippen molar-refractivity contribution < 1.29 is 19.7 Å². The van der Waals surface area contributed by atoms with Gasteiger partial charge in [-0.25, -0.2) is 4.79 Å². The van der Waals surface area contributed by atoms with Gasteiger partial charge >= 0.3 is 5.97 Å². The number of hydrogen-bond acceptors (Lipinski definition) is 4. The molecule has 0 unspecified atom stereocenters. The lowest BCUT2D eigenvalue weighted by atomic mass is 10.2. The Kier molecular flexibility index (Phi) is 3.35. The molecule has 0 aliphatic heterocycles. The van der Waals surface area contributed by atoms with Crippen LogP contribution in [0.1, 0.15) is 15.9 Å². The minimum absolute atomic E-state index is 0.0223. The lowest BCUT2D eigenvalue weighted by Crippen LogP contribution is -1.99. The minimum Gasteiger partial charge on any atom is -0.507 e. The van der Waals surface area contributed by atoms with Gasteiger partial charge in [-0.2, -0.15) is 5.26 Å². The van der Waals surface area contributed by atoms with Crippen LogP contribution in [0.4, 0.5) is 0 Å². The van der Waals surface area contributed by atoms with Crippen LogP contribution in [0.3, 0.4) is 0 Å². The van der Waals surface area contributed by atoms with Gasteiger partial charge in [-0.3, -0.25) is 0 Å². The van der Waals surface area contributed by atoms with Crippen LogP contribution in [0.25, 0.3) is 0 Å². The summed E-state index contributed by atoms with van der Waals surface area (Å²) in [5.74, 6) is -0.802. The maximum absolute atomic E-state index is 11.0. The first-order valence-electron chi connectivity index (χ1n) is 5.35. The minimum atomic E-state index is -1.10. The Labute approximate surface area is 108 Å². The predicted octanol–water partition coefficient (Wildman–Crippen LogP) is 2.75. The largest absolute Gasteiger partial charge is 0.507 e. The van der Waals surface area contributed by atoms with Gasteiger partial charge < -0.3 is 14.9 Å². The van der Waals surface area contributed by atoms with E-state index in [4.69, 9.17) is 15.1 Å². The molecule has 5 heteroatoms. The smallest absolute Gasteiger partial charge is 0.339 e. The lowest BCUT2D eigenvalue weighted by Gasteiger charge is -2.09. The molecule has 2 aromatic rings. The van der Waals surface area contributed by atoms with Crippen LogP contribution in [0.5, 0.6) is 17.2 Å². The monoisotopic (exact) mass is 255 g/mol. The van der Waals surface area contributed by atoms with Gasteiger partial charge in [0.15, 0.2) is 0 Å². The number of aromatic carboxylic acids is 1. The highest BCUT2D eigenvalue weighted by Gasteiger charge is 2.11. The molecular formula is C14H9NO4. The molecule has 0 saturated heterocycles. The zero-order chi connectivity index (χ0) is 13.8. The summed E-state index contributed by atoms with van der Waals surface area (Å²) >= 11 is 0. The molecule has 0 aromatic heterocycles. The summed E-state index contributed by atoms with van der Waals surface area (Å²) in [6.45, 7) is 0. The molecule has 0 heterocycles. The third kappa shape index (κ3) is 2.64. The summed E-state index contributed by atoms with van der Waals surface area (Å²) in [4.78, 5) is 11.0. The maximum Gasteiger partial charge on any atom is 0.339 e. The number of nitrogens with zero attached hydrogens (tertiary/aromatic N) is 1. The molecule has 0 aliphatic rings. The zero-order valence-electron chi connectivity index (χ0n) is 9.70. The molecule has 0 saturated carbocycles. The van der Waals surface area contributed by atoms with Crippen LogP contribution in [0, 0.1) is 11.3 Å². The summed E-state index contributed by atoms with van der Waals surface area (Å²) in [6, 6.07) is 12.1. The van der Waals surface area contributed by atoms with Crippen LogP contribution < -0.4 is 4.74 Å². The topological polar surface area (TPSA) is 90.5 Å². The van der Waals surface area contributed by atoms with Gasteiger partial charge in [0.25, 0.3) is 0 Å². The number of para-hydroxylation sites is 1. The molecule has 0 fully saturated rings. The Morgan fingerprint density at radius 2 is 1.95 bits per heavy atom. The Balaban J connectivity index is 2.37. The van der Waals surface area contributed by atoms with Crippen LogP contribution in [0.15, 0.2) is 42.5 Å². The highest BCUT2D eigenvalue weighted by Crippen LogP contribution is 2.28. The fraction of sp³-hybridized carbons (Fsp3) is 0. The van der Waals surface area contributed by atoms with Crippen molar-refractivity contribution >= 4 is 5.97 Å². The average molecular weight is 255 g/mol. The second-order valence-electron chi connectivity index (χ2n) is 3.69. The lowest BCUT2D eigenvalue weighted by molar-refractivity contribution is 0.0694. The second kappa shape index (κ2) is 5.10. The van der Waals surface area contributed by atoms with E-state index in [1.54, 1.807) is 12.1 Å². The van der Waals surface area contributed by atoms with Crippen molar-refractivity contribution in [2.45, 2.75) is 0 Å².